The largest absolute Gasteiger partial charge is 0.494 e. The molecule has 19 heavy (non-hydrogen) atoms. The number of unbranched alkanes of at least 4 members (excludes halogenated alkanes) is 1. The lowest BCUT2D eigenvalue weighted by Gasteiger charge is -2.26. The highest BCUT2D eigenvalue weighted by Gasteiger charge is 2.20. The smallest absolute Gasteiger partial charge is 0.119 e. The fraction of sp³-hybridized carbons (Fsp3) is 0.600. The molecule has 4 heteroatoms. The molecule has 0 fully saturated rings. The molecule has 0 bridgehead atoms. The van der Waals surface area contributed by atoms with Crippen molar-refractivity contribution in [2.75, 3.05) is 19.8 Å². The first-order valence-corrected chi connectivity index (χ1v) is 6.82. The Bertz CT molecular complexity index is 347. The predicted molar refractivity (Wildman–Crippen MR) is 76.3 cm³/mol. The van der Waals surface area contributed by atoms with Gasteiger partial charge in [-0.05, 0) is 31.0 Å². The van der Waals surface area contributed by atoms with Gasteiger partial charge in [-0.25, -0.2) is 0 Å². The van der Waals surface area contributed by atoms with Gasteiger partial charge < -0.3 is 20.3 Å². The van der Waals surface area contributed by atoms with E-state index < -0.39 is 5.54 Å². The molecule has 0 atom stereocenters. The maximum Gasteiger partial charge on any atom is 0.119 e. The molecule has 0 unspecified atom stereocenters. The van der Waals surface area contributed by atoms with Crippen LogP contribution in [0.3, 0.4) is 0 Å². The lowest BCUT2D eigenvalue weighted by atomic mass is 10.0. The summed E-state index contributed by atoms with van der Waals surface area (Å²) in [4.78, 5) is 0. The SMILES string of the molecule is CCCCOc1ccc(CNC(C)(CO)CO)cc1. The van der Waals surface area contributed by atoms with E-state index in [4.69, 9.17) is 4.74 Å². The summed E-state index contributed by atoms with van der Waals surface area (Å²) in [7, 11) is 0. The first kappa shape index (κ1) is 16.0. The van der Waals surface area contributed by atoms with Crippen LogP contribution in [0.4, 0.5) is 0 Å². The van der Waals surface area contributed by atoms with Crippen LogP contribution in [0.15, 0.2) is 24.3 Å². The molecule has 0 aliphatic rings. The fourth-order valence-corrected chi connectivity index (χ4v) is 1.52. The Morgan fingerprint density at radius 1 is 1.16 bits per heavy atom. The number of hydrogen-bond acceptors (Lipinski definition) is 4. The molecule has 0 heterocycles. The number of ether oxygens (including phenoxy) is 1. The summed E-state index contributed by atoms with van der Waals surface area (Å²) in [6.07, 6.45) is 2.19. The third-order valence-electron chi connectivity index (χ3n) is 3.11. The molecule has 1 rings (SSSR count). The van der Waals surface area contributed by atoms with E-state index in [0.29, 0.717) is 6.54 Å². The highest BCUT2D eigenvalue weighted by atomic mass is 16.5. The highest BCUT2D eigenvalue weighted by molar-refractivity contribution is 5.27. The van der Waals surface area contributed by atoms with Crippen LogP contribution in [0, 0.1) is 0 Å². The van der Waals surface area contributed by atoms with Gasteiger partial charge in [0.25, 0.3) is 0 Å². The quantitative estimate of drug-likeness (QED) is 0.596. The van der Waals surface area contributed by atoms with Gasteiger partial charge in [0.05, 0.1) is 25.4 Å². The van der Waals surface area contributed by atoms with Crippen LogP contribution in [-0.4, -0.2) is 35.6 Å². The number of benzene rings is 1. The molecule has 0 aromatic heterocycles. The van der Waals surface area contributed by atoms with Crippen LogP contribution >= 0.6 is 0 Å². The van der Waals surface area contributed by atoms with E-state index in [0.717, 1.165) is 30.8 Å². The molecule has 0 saturated carbocycles. The van der Waals surface area contributed by atoms with Crippen molar-refractivity contribution in [3.8, 4) is 5.75 Å². The van der Waals surface area contributed by atoms with Crippen LogP contribution in [0.2, 0.25) is 0 Å². The average Bonchev–Trinajstić information content (AvgIpc) is 2.46. The number of aliphatic hydroxyl groups excluding tert-OH is 2. The van der Waals surface area contributed by atoms with Gasteiger partial charge in [-0.1, -0.05) is 25.5 Å². The standard InChI is InChI=1S/C15H25NO3/c1-3-4-9-19-14-7-5-13(6-8-14)10-16-15(2,11-17)12-18/h5-8,16-18H,3-4,9-12H2,1-2H3. The third-order valence-corrected chi connectivity index (χ3v) is 3.11. The van der Waals surface area contributed by atoms with E-state index in [2.05, 4.69) is 12.2 Å². The molecule has 108 valence electrons. The van der Waals surface area contributed by atoms with E-state index in [1.54, 1.807) is 6.92 Å². The van der Waals surface area contributed by atoms with Crippen LogP contribution in [0.25, 0.3) is 0 Å². The molecule has 0 radical (unpaired) electrons. The second-order valence-corrected chi connectivity index (χ2v) is 5.08. The second kappa shape index (κ2) is 8.15. The molecule has 1 aromatic rings. The van der Waals surface area contributed by atoms with Gasteiger partial charge in [-0.2, -0.15) is 0 Å². The summed E-state index contributed by atoms with van der Waals surface area (Å²) in [6, 6.07) is 7.87. The maximum atomic E-state index is 9.19. The Morgan fingerprint density at radius 2 is 1.79 bits per heavy atom. The van der Waals surface area contributed by atoms with E-state index in [-0.39, 0.29) is 13.2 Å². The molecular formula is C15H25NO3. The van der Waals surface area contributed by atoms with E-state index in [9.17, 15) is 10.2 Å². The second-order valence-electron chi connectivity index (χ2n) is 5.08. The normalized spacial score (nSPS) is 11.6. The number of nitrogens with one attached hydrogen (secondary N) is 1. The van der Waals surface area contributed by atoms with E-state index >= 15 is 0 Å². The van der Waals surface area contributed by atoms with Crippen molar-refractivity contribution in [1.82, 2.24) is 5.32 Å². The minimum Gasteiger partial charge on any atom is -0.494 e. The van der Waals surface area contributed by atoms with Crippen molar-refractivity contribution in [1.29, 1.82) is 0 Å². The monoisotopic (exact) mass is 267 g/mol. The topological polar surface area (TPSA) is 61.7 Å². The summed E-state index contributed by atoms with van der Waals surface area (Å²) >= 11 is 0. The Hall–Kier alpha value is -1.10. The van der Waals surface area contributed by atoms with Gasteiger partial charge in [0.1, 0.15) is 5.75 Å². The average molecular weight is 267 g/mol. The Kier molecular flexibility index (Phi) is 6.84. The summed E-state index contributed by atoms with van der Waals surface area (Å²) in [5.41, 5.74) is 0.451. The van der Waals surface area contributed by atoms with Gasteiger partial charge in [0, 0.05) is 6.54 Å². The van der Waals surface area contributed by atoms with E-state index in [1.165, 1.54) is 0 Å². The highest BCUT2D eigenvalue weighted by Crippen LogP contribution is 2.13. The first-order valence-electron chi connectivity index (χ1n) is 6.82. The Balaban J connectivity index is 2.43. The molecular weight excluding hydrogens is 242 g/mol. The fourth-order valence-electron chi connectivity index (χ4n) is 1.52. The van der Waals surface area contributed by atoms with Crippen molar-refractivity contribution in [3.05, 3.63) is 29.8 Å². The first-order chi connectivity index (χ1) is 9.13. The van der Waals surface area contributed by atoms with Crippen molar-refractivity contribution in [2.45, 2.75) is 38.8 Å². The van der Waals surface area contributed by atoms with Crippen LogP contribution in [-0.2, 0) is 6.54 Å². The van der Waals surface area contributed by atoms with Crippen molar-refractivity contribution in [2.24, 2.45) is 0 Å². The molecule has 0 saturated heterocycles. The summed E-state index contributed by atoms with van der Waals surface area (Å²) in [6.45, 7) is 5.09. The van der Waals surface area contributed by atoms with Crippen molar-refractivity contribution < 1.29 is 14.9 Å². The molecule has 4 nitrogen and oxygen atoms in total. The minimum atomic E-state index is -0.643. The lowest BCUT2D eigenvalue weighted by molar-refractivity contribution is 0.103. The van der Waals surface area contributed by atoms with Gasteiger partial charge in [0.15, 0.2) is 0 Å². The van der Waals surface area contributed by atoms with Crippen LogP contribution in [0.5, 0.6) is 5.75 Å². The third kappa shape index (κ3) is 5.59. The van der Waals surface area contributed by atoms with Crippen molar-refractivity contribution >= 4 is 0 Å². The molecule has 0 spiro atoms. The van der Waals surface area contributed by atoms with Crippen LogP contribution in [0.1, 0.15) is 32.3 Å². The lowest BCUT2D eigenvalue weighted by Crippen LogP contribution is -2.48. The minimum absolute atomic E-state index is 0.0955. The van der Waals surface area contributed by atoms with Gasteiger partial charge in [-0.3, -0.25) is 0 Å². The Labute approximate surface area is 115 Å². The molecule has 0 amide bonds. The predicted octanol–water partition coefficient (Wildman–Crippen LogP) is 1.70. The zero-order valence-corrected chi connectivity index (χ0v) is 11.9. The summed E-state index contributed by atoms with van der Waals surface area (Å²) < 4.78 is 5.59. The van der Waals surface area contributed by atoms with E-state index in [1.807, 2.05) is 24.3 Å². The zero-order chi connectivity index (χ0) is 14.1. The van der Waals surface area contributed by atoms with Crippen molar-refractivity contribution in [3.63, 3.8) is 0 Å². The molecule has 0 aliphatic carbocycles. The maximum absolute atomic E-state index is 9.19. The number of hydrogen-bond donors (Lipinski definition) is 3. The Morgan fingerprint density at radius 3 is 2.32 bits per heavy atom. The zero-order valence-electron chi connectivity index (χ0n) is 11.9. The van der Waals surface area contributed by atoms with Gasteiger partial charge in [0.2, 0.25) is 0 Å². The van der Waals surface area contributed by atoms with Gasteiger partial charge >= 0.3 is 0 Å². The molecule has 3 N–H and O–H groups in total. The molecule has 0 aliphatic heterocycles. The van der Waals surface area contributed by atoms with Crippen LogP contribution < -0.4 is 10.1 Å². The number of aliphatic hydroxyl groups is 2. The number of rotatable bonds is 9. The summed E-state index contributed by atoms with van der Waals surface area (Å²) in [5, 5.41) is 21.5. The van der Waals surface area contributed by atoms with Gasteiger partial charge in [-0.15, -0.1) is 0 Å². The molecule has 1 aromatic carbocycles. The summed E-state index contributed by atoms with van der Waals surface area (Å²) in [5.74, 6) is 0.879.